The standard InChI is InChI=1S/C20H21FN2O3/c1-12-2-3-13(10-16(12)21)8-9-22-11-18(25)14-4-6-17(24)20-15(14)5-7-19(26)23-20/h2-7,10,18,22,24-25H,8-9,11H2,1H3,(H,23,26)/t18-/m0/s1. The van der Waals surface area contributed by atoms with Gasteiger partial charge in [0.25, 0.3) is 0 Å². The average molecular weight is 356 g/mol. The second kappa shape index (κ2) is 7.68. The quantitative estimate of drug-likeness (QED) is 0.512. The predicted octanol–water partition coefficient (Wildman–Crippen LogP) is 2.55. The number of aryl methyl sites for hydroxylation is 1. The van der Waals surface area contributed by atoms with Crippen molar-refractivity contribution in [1.82, 2.24) is 10.3 Å². The molecule has 3 rings (SSSR count). The Morgan fingerprint density at radius 2 is 2.00 bits per heavy atom. The summed E-state index contributed by atoms with van der Waals surface area (Å²) in [6.07, 6.45) is -0.160. The molecule has 0 spiro atoms. The van der Waals surface area contributed by atoms with Crippen molar-refractivity contribution in [2.75, 3.05) is 13.1 Å². The van der Waals surface area contributed by atoms with Crippen molar-refractivity contribution in [2.24, 2.45) is 0 Å². The third-order valence-corrected chi connectivity index (χ3v) is 4.43. The summed E-state index contributed by atoms with van der Waals surface area (Å²) in [5.74, 6) is -0.255. The molecule has 26 heavy (non-hydrogen) atoms. The van der Waals surface area contributed by atoms with Crippen LogP contribution in [0.5, 0.6) is 5.75 Å². The summed E-state index contributed by atoms with van der Waals surface area (Å²) in [6.45, 7) is 2.61. The van der Waals surface area contributed by atoms with E-state index in [1.807, 2.05) is 6.07 Å². The number of hydrogen-bond acceptors (Lipinski definition) is 4. The molecular formula is C20H21FN2O3. The van der Waals surface area contributed by atoms with Crippen LogP contribution in [-0.4, -0.2) is 28.3 Å². The van der Waals surface area contributed by atoms with Gasteiger partial charge in [0.15, 0.2) is 0 Å². The fraction of sp³-hybridized carbons (Fsp3) is 0.250. The molecule has 0 fully saturated rings. The van der Waals surface area contributed by atoms with Crippen LogP contribution >= 0.6 is 0 Å². The first-order valence-electron chi connectivity index (χ1n) is 8.44. The molecule has 2 aromatic carbocycles. The van der Waals surface area contributed by atoms with Crippen LogP contribution in [0.3, 0.4) is 0 Å². The molecule has 4 N–H and O–H groups in total. The summed E-state index contributed by atoms with van der Waals surface area (Å²) in [5.41, 5.74) is 2.12. The molecule has 1 heterocycles. The van der Waals surface area contributed by atoms with E-state index in [2.05, 4.69) is 10.3 Å². The summed E-state index contributed by atoms with van der Waals surface area (Å²) in [6, 6.07) is 11.2. The van der Waals surface area contributed by atoms with Gasteiger partial charge in [-0.1, -0.05) is 18.2 Å². The Hall–Kier alpha value is -2.70. The maximum atomic E-state index is 13.5. The molecule has 0 radical (unpaired) electrons. The minimum Gasteiger partial charge on any atom is -0.506 e. The number of fused-ring (bicyclic) bond motifs is 1. The molecule has 0 unspecified atom stereocenters. The molecule has 136 valence electrons. The first kappa shape index (κ1) is 18.1. The minimum atomic E-state index is -0.807. The van der Waals surface area contributed by atoms with Crippen molar-refractivity contribution in [3.8, 4) is 5.75 Å². The Morgan fingerprint density at radius 1 is 1.19 bits per heavy atom. The topological polar surface area (TPSA) is 85.3 Å². The fourth-order valence-electron chi connectivity index (χ4n) is 2.92. The number of rotatable bonds is 6. The first-order valence-corrected chi connectivity index (χ1v) is 8.44. The van der Waals surface area contributed by atoms with E-state index < -0.39 is 6.10 Å². The third kappa shape index (κ3) is 3.92. The van der Waals surface area contributed by atoms with Crippen LogP contribution < -0.4 is 10.9 Å². The SMILES string of the molecule is Cc1ccc(CCNC[C@H](O)c2ccc(O)c3[nH]c(=O)ccc23)cc1F. The van der Waals surface area contributed by atoms with Gasteiger partial charge in [-0.3, -0.25) is 4.79 Å². The maximum absolute atomic E-state index is 13.5. The Balaban J connectivity index is 1.64. The lowest BCUT2D eigenvalue weighted by Gasteiger charge is -2.15. The van der Waals surface area contributed by atoms with Crippen molar-refractivity contribution in [3.63, 3.8) is 0 Å². The van der Waals surface area contributed by atoms with E-state index in [-0.39, 0.29) is 17.1 Å². The summed E-state index contributed by atoms with van der Waals surface area (Å²) < 4.78 is 13.5. The number of phenolic OH excluding ortho intramolecular Hbond substituents is 1. The number of phenols is 1. The molecule has 1 aromatic heterocycles. The van der Waals surface area contributed by atoms with Crippen LogP contribution in [0.15, 0.2) is 47.3 Å². The molecular weight excluding hydrogens is 335 g/mol. The Kier molecular flexibility index (Phi) is 5.35. The van der Waals surface area contributed by atoms with Gasteiger partial charge >= 0.3 is 0 Å². The van der Waals surface area contributed by atoms with Crippen molar-refractivity contribution in [3.05, 3.63) is 75.3 Å². The van der Waals surface area contributed by atoms with Crippen LogP contribution in [0.4, 0.5) is 4.39 Å². The monoisotopic (exact) mass is 356 g/mol. The van der Waals surface area contributed by atoms with Gasteiger partial charge in [0.05, 0.1) is 11.6 Å². The second-order valence-corrected chi connectivity index (χ2v) is 6.34. The normalized spacial score (nSPS) is 12.4. The van der Waals surface area contributed by atoms with E-state index >= 15 is 0 Å². The number of H-pyrrole nitrogens is 1. The number of nitrogens with one attached hydrogen (secondary N) is 2. The highest BCUT2D eigenvalue weighted by Crippen LogP contribution is 2.28. The van der Waals surface area contributed by atoms with Gasteiger partial charge in [0.2, 0.25) is 5.56 Å². The summed E-state index contributed by atoms with van der Waals surface area (Å²) >= 11 is 0. The molecule has 0 amide bonds. The molecule has 0 saturated carbocycles. The minimum absolute atomic E-state index is 0.0389. The summed E-state index contributed by atoms with van der Waals surface area (Å²) in [4.78, 5) is 14.0. The number of aromatic nitrogens is 1. The van der Waals surface area contributed by atoms with Crippen LogP contribution in [0, 0.1) is 12.7 Å². The lowest BCUT2D eigenvalue weighted by molar-refractivity contribution is 0.176. The van der Waals surface area contributed by atoms with Crippen LogP contribution in [0.1, 0.15) is 22.8 Å². The Bertz CT molecular complexity index is 984. The molecule has 0 saturated heterocycles. The van der Waals surface area contributed by atoms with Crippen LogP contribution in [0.2, 0.25) is 0 Å². The van der Waals surface area contributed by atoms with Crippen molar-refractivity contribution >= 4 is 10.9 Å². The smallest absolute Gasteiger partial charge is 0.248 e. The lowest BCUT2D eigenvalue weighted by Crippen LogP contribution is -2.24. The number of pyridine rings is 1. The fourth-order valence-corrected chi connectivity index (χ4v) is 2.92. The van der Waals surface area contributed by atoms with E-state index in [4.69, 9.17) is 0 Å². The molecule has 1 atom stereocenters. The molecule has 6 heteroatoms. The van der Waals surface area contributed by atoms with E-state index in [9.17, 15) is 19.4 Å². The zero-order chi connectivity index (χ0) is 18.7. The second-order valence-electron chi connectivity index (χ2n) is 6.34. The van der Waals surface area contributed by atoms with E-state index in [0.29, 0.717) is 41.5 Å². The zero-order valence-corrected chi connectivity index (χ0v) is 14.4. The van der Waals surface area contributed by atoms with Crippen LogP contribution in [-0.2, 0) is 6.42 Å². The highest BCUT2D eigenvalue weighted by Gasteiger charge is 2.13. The first-order chi connectivity index (χ1) is 12.5. The predicted molar refractivity (Wildman–Crippen MR) is 98.9 cm³/mol. The van der Waals surface area contributed by atoms with Crippen molar-refractivity contribution < 1.29 is 14.6 Å². The van der Waals surface area contributed by atoms with Gasteiger partial charge in [0, 0.05) is 18.0 Å². The summed E-state index contributed by atoms with van der Waals surface area (Å²) in [5, 5.41) is 24.1. The van der Waals surface area contributed by atoms with Crippen molar-refractivity contribution in [2.45, 2.75) is 19.4 Å². The number of benzene rings is 2. The zero-order valence-electron chi connectivity index (χ0n) is 14.4. The number of aromatic hydroxyl groups is 1. The van der Waals surface area contributed by atoms with Gasteiger partial charge in [-0.2, -0.15) is 0 Å². The molecule has 0 aliphatic rings. The molecule has 0 aliphatic carbocycles. The molecule has 0 aliphatic heterocycles. The number of aromatic amines is 1. The highest BCUT2D eigenvalue weighted by molar-refractivity contribution is 5.87. The number of halogens is 1. The maximum Gasteiger partial charge on any atom is 0.248 e. The summed E-state index contributed by atoms with van der Waals surface area (Å²) in [7, 11) is 0. The average Bonchev–Trinajstić information content (AvgIpc) is 2.62. The number of hydrogen-bond donors (Lipinski definition) is 4. The van der Waals surface area contributed by atoms with Gasteiger partial charge in [-0.15, -0.1) is 0 Å². The lowest BCUT2D eigenvalue weighted by atomic mass is 10.0. The van der Waals surface area contributed by atoms with Gasteiger partial charge < -0.3 is 20.5 Å². The third-order valence-electron chi connectivity index (χ3n) is 4.43. The van der Waals surface area contributed by atoms with Gasteiger partial charge in [-0.25, -0.2) is 4.39 Å². The Labute approximate surface area is 150 Å². The number of aliphatic hydroxyl groups is 1. The van der Waals surface area contributed by atoms with Gasteiger partial charge in [-0.05, 0) is 54.8 Å². The van der Waals surface area contributed by atoms with Crippen LogP contribution in [0.25, 0.3) is 10.9 Å². The molecule has 5 nitrogen and oxygen atoms in total. The van der Waals surface area contributed by atoms with E-state index in [1.54, 1.807) is 25.1 Å². The van der Waals surface area contributed by atoms with E-state index in [0.717, 1.165) is 5.56 Å². The Morgan fingerprint density at radius 3 is 2.77 bits per heavy atom. The number of aliphatic hydroxyl groups excluding tert-OH is 1. The molecule has 0 bridgehead atoms. The largest absolute Gasteiger partial charge is 0.506 e. The van der Waals surface area contributed by atoms with E-state index in [1.165, 1.54) is 18.2 Å². The van der Waals surface area contributed by atoms with Gasteiger partial charge in [0.1, 0.15) is 11.6 Å². The molecule has 3 aromatic rings. The van der Waals surface area contributed by atoms with Crippen molar-refractivity contribution in [1.29, 1.82) is 0 Å². The highest BCUT2D eigenvalue weighted by atomic mass is 19.1.